The lowest BCUT2D eigenvalue weighted by atomic mass is 10.2. The van der Waals surface area contributed by atoms with Crippen LogP contribution in [0.5, 0.6) is 0 Å². The Morgan fingerprint density at radius 3 is 2.83 bits per heavy atom. The minimum atomic E-state index is -0.316. The molecule has 2 rings (SSSR count). The molecule has 94 valence electrons. The third-order valence-corrected chi connectivity index (χ3v) is 3.10. The third kappa shape index (κ3) is 2.74. The molecule has 2 aromatic heterocycles. The van der Waals surface area contributed by atoms with Crippen molar-refractivity contribution in [2.75, 3.05) is 17.7 Å². The SMILES string of the molecule is CNc1ncc(C(=O)Nc2nc(C)ns2)cc1Cl. The maximum atomic E-state index is 11.9. The first-order valence-electron chi connectivity index (χ1n) is 5.05. The lowest BCUT2D eigenvalue weighted by Gasteiger charge is -2.05. The molecule has 18 heavy (non-hydrogen) atoms. The zero-order chi connectivity index (χ0) is 13.1. The number of anilines is 2. The summed E-state index contributed by atoms with van der Waals surface area (Å²) in [5, 5.41) is 6.29. The number of hydrogen-bond donors (Lipinski definition) is 2. The molecule has 0 fully saturated rings. The van der Waals surface area contributed by atoms with Gasteiger partial charge in [0.2, 0.25) is 5.13 Å². The number of pyridine rings is 1. The first kappa shape index (κ1) is 12.7. The predicted octanol–water partition coefficient (Wildman–Crippen LogP) is 2.19. The molecule has 0 unspecified atom stereocenters. The topological polar surface area (TPSA) is 79.8 Å². The van der Waals surface area contributed by atoms with Crippen molar-refractivity contribution in [2.45, 2.75) is 6.92 Å². The maximum absolute atomic E-state index is 11.9. The molecule has 0 saturated heterocycles. The molecule has 2 aromatic rings. The number of hydrogen-bond acceptors (Lipinski definition) is 6. The van der Waals surface area contributed by atoms with Crippen molar-refractivity contribution in [3.63, 3.8) is 0 Å². The number of aromatic nitrogens is 3. The van der Waals surface area contributed by atoms with E-state index in [1.807, 2.05) is 0 Å². The van der Waals surface area contributed by atoms with Gasteiger partial charge in [-0.05, 0) is 13.0 Å². The second-order valence-corrected chi connectivity index (χ2v) is 4.56. The molecule has 0 atom stereocenters. The average Bonchev–Trinajstić information content (AvgIpc) is 2.74. The van der Waals surface area contributed by atoms with E-state index >= 15 is 0 Å². The van der Waals surface area contributed by atoms with Crippen molar-refractivity contribution in [1.82, 2.24) is 14.3 Å². The number of nitrogens with one attached hydrogen (secondary N) is 2. The van der Waals surface area contributed by atoms with E-state index in [0.717, 1.165) is 11.5 Å². The first-order valence-corrected chi connectivity index (χ1v) is 6.20. The zero-order valence-corrected chi connectivity index (χ0v) is 11.3. The van der Waals surface area contributed by atoms with Crippen LogP contribution in [0.4, 0.5) is 10.9 Å². The molecule has 6 nitrogen and oxygen atoms in total. The van der Waals surface area contributed by atoms with Gasteiger partial charge in [-0.15, -0.1) is 0 Å². The van der Waals surface area contributed by atoms with Gasteiger partial charge in [-0.3, -0.25) is 10.1 Å². The largest absolute Gasteiger partial charge is 0.372 e. The van der Waals surface area contributed by atoms with Gasteiger partial charge in [0.15, 0.2) is 0 Å². The number of amides is 1. The number of carbonyl (C=O) groups is 1. The van der Waals surface area contributed by atoms with Gasteiger partial charge in [-0.2, -0.15) is 4.37 Å². The number of nitrogens with zero attached hydrogens (tertiary/aromatic N) is 3. The van der Waals surface area contributed by atoms with Gasteiger partial charge < -0.3 is 5.32 Å². The van der Waals surface area contributed by atoms with Gasteiger partial charge in [-0.1, -0.05) is 11.6 Å². The Morgan fingerprint density at radius 2 is 2.28 bits per heavy atom. The van der Waals surface area contributed by atoms with Crippen LogP contribution in [0.3, 0.4) is 0 Å². The van der Waals surface area contributed by atoms with E-state index in [1.54, 1.807) is 20.0 Å². The van der Waals surface area contributed by atoms with E-state index in [0.29, 0.717) is 27.4 Å². The molecular weight excluding hydrogens is 274 g/mol. The maximum Gasteiger partial charge on any atom is 0.259 e. The van der Waals surface area contributed by atoms with Crippen LogP contribution in [0.2, 0.25) is 5.02 Å². The predicted molar refractivity (Wildman–Crippen MR) is 71.4 cm³/mol. The van der Waals surface area contributed by atoms with Gasteiger partial charge in [-0.25, -0.2) is 9.97 Å². The van der Waals surface area contributed by atoms with E-state index in [-0.39, 0.29) is 5.91 Å². The van der Waals surface area contributed by atoms with Gasteiger partial charge in [0.25, 0.3) is 5.91 Å². The number of carbonyl (C=O) groups excluding carboxylic acids is 1. The summed E-state index contributed by atoms with van der Waals surface area (Å²) in [7, 11) is 1.71. The summed E-state index contributed by atoms with van der Waals surface area (Å²) < 4.78 is 3.97. The van der Waals surface area contributed by atoms with Crippen molar-refractivity contribution in [3.8, 4) is 0 Å². The number of halogens is 1. The Labute approximate surface area is 113 Å². The summed E-state index contributed by atoms with van der Waals surface area (Å²) in [5.74, 6) is 0.833. The molecule has 0 aromatic carbocycles. The van der Waals surface area contributed by atoms with Crippen LogP contribution in [-0.4, -0.2) is 27.3 Å². The molecule has 0 aliphatic rings. The molecular formula is C10H10ClN5OS. The van der Waals surface area contributed by atoms with Crippen LogP contribution in [0, 0.1) is 6.92 Å². The second-order valence-electron chi connectivity index (χ2n) is 3.41. The number of rotatable bonds is 3. The fourth-order valence-electron chi connectivity index (χ4n) is 1.26. The van der Waals surface area contributed by atoms with Gasteiger partial charge >= 0.3 is 0 Å². The van der Waals surface area contributed by atoms with Crippen LogP contribution < -0.4 is 10.6 Å². The minimum Gasteiger partial charge on any atom is -0.372 e. The summed E-state index contributed by atoms with van der Waals surface area (Å²) in [4.78, 5) is 20.0. The van der Waals surface area contributed by atoms with Gasteiger partial charge in [0, 0.05) is 24.8 Å². The average molecular weight is 284 g/mol. The molecule has 2 N–H and O–H groups in total. The Balaban J connectivity index is 2.16. The van der Waals surface area contributed by atoms with Gasteiger partial charge in [0.05, 0.1) is 10.6 Å². The Bertz CT molecular complexity index is 585. The van der Waals surface area contributed by atoms with E-state index in [9.17, 15) is 4.79 Å². The van der Waals surface area contributed by atoms with E-state index in [4.69, 9.17) is 11.6 Å². The van der Waals surface area contributed by atoms with Crippen molar-refractivity contribution in [3.05, 3.63) is 28.7 Å². The van der Waals surface area contributed by atoms with Crippen molar-refractivity contribution in [2.24, 2.45) is 0 Å². The summed E-state index contributed by atoms with van der Waals surface area (Å²) in [6.07, 6.45) is 1.45. The molecule has 0 bridgehead atoms. The van der Waals surface area contributed by atoms with Gasteiger partial charge in [0.1, 0.15) is 11.6 Å². The Kier molecular flexibility index (Phi) is 3.73. The monoisotopic (exact) mass is 283 g/mol. The molecule has 2 heterocycles. The number of aryl methyl sites for hydroxylation is 1. The van der Waals surface area contributed by atoms with E-state index < -0.39 is 0 Å². The highest BCUT2D eigenvalue weighted by molar-refractivity contribution is 7.09. The fraction of sp³-hybridized carbons (Fsp3) is 0.200. The van der Waals surface area contributed by atoms with E-state index in [1.165, 1.54) is 6.20 Å². The Hall–Kier alpha value is -1.73. The van der Waals surface area contributed by atoms with Crippen LogP contribution in [0.25, 0.3) is 0 Å². The van der Waals surface area contributed by atoms with Crippen molar-refractivity contribution >= 4 is 40.0 Å². The lowest BCUT2D eigenvalue weighted by Crippen LogP contribution is -2.12. The zero-order valence-electron chi connectivity index (χ0n) is 9.69. The smallest absolute Gasteiger partial charge is 0.259 e. The standard InChI is InChI=1S/C10H10ClN5OS/c1-5-14-10(18-16-5)15-9(17)6-3-7(11)8(12-2)13-4-6/h3-4H,1-2H3,(H,12,13)(H,14,15,16,17). The summed E-state index contributed by atoms with van der Waals surface area (Å²) >= 11 is 7.08. The molecule has 0 radical (unpaired) electrons. The molecule has 8 heteroatoms. The van der Waals surface area contributed by atoms with E-state index in [2.05, 4.69) is 25.0 Å². The van der Waals surface area contributed by atoms with Crippen LogP contribution in [-0.2, 0) is 0 Å². The second kappa shape index (κ2) is 5.28. The van der Waals surface area contributed by atoms with Crippen molar-refractivity contribution < 1.29 is 4.79 Å². The molecule has 0 spiro atoms. The molecule has 1 amide bonds. The highest BCUT2D eigenvalue weighted by Crippen LogP contribution is 2.20. The molecule has 0 saturated carbocycles. The molecule has 0 aliphatic heterocycles. The third-order valence-electron chi connectivity index (χ3n) is 2.09. The van der Waals surface area contributed by atoms with Crippen LogP contribution >= 0.6 is 23.1 Å². The summed E-state index contributed by atoms with van der Waals surface area (Å²) in [5.41, 5.74) is 0.367. The quantitative estimate of drug-likeness (QED) is 0.902. The normalized spacial score (nSPS) is 10.2. The summed E-state index contributed by atoms with van der Waals surface area (Å²) in [6, 6.07) is 1.55. The highest BCUT2D eigenvalue weighted by Gasteiger charge is 2.11. The molecule has 0 aliphatic carbocycles. The van der Waals surface area contributed by atoms with Crippen LogP contribution in [0.15, 0.2) is 12.3 Å². The Morgan fingerprint density at radius 1 is 1.50 bits per heavy atom. The summed E-state index contributed by atoms with van der Waals surface area (Å²) in [6.45, 7) is 1.76. The minimum absolute atomic E-state index is 0.316. The first-order chi connectivity index (χ1) is 8.60. The van der Waals surface area contributed by atoms with Crippen molar-refractivity contribution in [1.29, 1.82) is 0 Å². The highest BCUT2D eigenvalue weighted by atomic mass is 35.5. The van der Waals surface area contributed by atoms with Crippen LogP contribution in [0.1, 0.15) is 16.2 Å². The fourth-order valence-corrected chi connectivity index (χ4v) is 2.09. The lowest BCUT2D eigenvalue weighted by molar-refractivity contribution is 0.102.